The Hall–Kier alpha value is -0.500. The number of benzene rings is 2. The topological polar surface area (TPSA) is 0 Å². The van der Waals surface area contributed by atoms with Crippen molar-refractivity contribution >= 4 is 39.1 Å². The lowest BCUT2D eigenvalue weighted by molar-refractivity contribution is 0.583. The first-order valence-corrected chi connectivity index (χ1v) is 7.93. The van der Waals surface area contributed by atoms with Crippen LogP contribution in [0.2, 0.25) is 5.02 Å². The second-order valence-electron chi connectivity index (χ2n) is 4.65. The van der Waals surface area contributed by atoms with Gasteiger partial charge in [0.2, 0.25) is 0 Å². The van der Waals surface area contributed by atoms with Crippen molar-refractivity contribution in [1.82, 2.24) is 0 Å². The summed E-state index contributed by atoms with van der Waals surface area (Å²) < 4.78 is 1.15. The molecule has 2 aromatic rings. The summed E-state index contributed by atoms with van der Waals surface area (Å²) in [5.74, 6) is 1.09. The van der Waals surface area contributed by atoms with Gasteiger partial charge in [0.15, 0.2) is 0 Å². The van der Waals surface area contributed by atoms with Crippen LogP contribution in [0.4, 0.5) is 0 Å². The van der Waals surface area contributed by atoms with Gasteiger partial charge in [-0.1, -0.05) is 57.9 Å². The summed E-state index contributed by atoms with van der Waals surface area (Å²) in [5, 5.41) is 0.775. The molecule has 0 nitrogen and oxygen atoms in total. The molecule has 0 aliphatic heterocycles. The van der Waals surface area contributed by atoms with Gasteiger partial charge in [-0.15, -0.1) is 11.6 Å². The molecule has 19 heavy (non-hydrogen) atoms. The molecule has 0 saturated carbocycles. The number of hydrogen-bond donors (Lipinski definition) is 0. The highest BCUT2D eigenvalue weighted by Gasteiger charge is 2.11. The van der Waals surface area contributed by atoms with Crippen molar-refractivity contribution in [3.05, 3.63) is 69.2 Å². The monoisotopic (exact) mass is 356 g/mol. The quantitative estimate of drug-likeness (QED) is 0.598. The number of halogens is 3. The van der Waals surface area contributed by atoms with Gasteiger partial charge < -0.3 is 0 Å². The van der Waals surface area contributed by atoms with Gasteiger partial charge in [-0.05, 0) is 48.1 Å². The predicted octanol–water partition coefficient (Wildman–Crippen LogP) is 5.74. The van der Waals surface area contributed by atoms with E-state index in [0.29, 0.717) is 11.8 Å². The maximum Gasteiger partial charge on any atom is 0.0406 e. The van der Waals surface area contributed by atoms with Crippen molar-refractivity contribution in [3.63, 3.8) is 0 Å². The van der Waals surface area contributed by atoms with E-state index in [4.69, 9.17) is 23.2 Å². The Balaban J connectivity index is 2.05. The van der Waals surface area contributed by atoms with E-state index in [-0.39, 0.29) is 0 Å². The summed E-state index contributed by atoms with van der Waals surface area (Å²) in [6.45, 7) is 0. The lowest BCUT2D eigenvalue weighted by Gasteiger charge is -2.15. The van der Waals surface area contributed by atoms with Crippen molar-refractivity contribution in [1.29, 1.82) is 0 Å². The molecule has 0 fully saturated rings. The second-order valence-corrected chi connectivity index (χ2v) is 6.25. The molecule has 0 bridgehead atoms. The normalized spacial score (nSPS) is 12.4. The fourth-order valence-electron chi connectivity index (χ4n) is 2.11. The maximum absolute atomic E-state index is 6.11. The SMILES string of the molecule is ClCC(Cc1ccc(Cl)cc1)Cc1ccccc1Br. The van der Waals surface area contributed by atoms with Crippen LogP contribution in [0.15, 0.2) is 53.0 Å². The predicted molar refractivity (Wildman–Crippen MR) is 87.2 cm³/mol. The first-order chi connectivity index (χ1) is 9.19. The van der Waals surface area contributed by atoms with Crippen LogP contribution in [0.25, 0.3) is 0 Å². The van der Waals surface area contributed by atoms with Gasteiger partial charge in [-0.3, -0.25) is 0 Å². The van der Waals surface area contributed by atoms with Crippen molar-refractivity contribution in [2.45, 2.75) is 12.8 Å². The Morgan fingerprint density at radius 3 is 2.26 bits per heavy atom. The smallest absolute Gasteiger partial charge is 0.0406 e. The van der Waals surface area contributed by atoms with Gasteiger partial charge in [-0.25, -0.2) is 0 Å². The third-order valence-electron chi connectivity index (χ3n) is 3.12. The molecular formula is C16H15BrCl2. The third-order valence-corrected chi connectivity index (χ3v) is 4.58. The van der Waals surface area contributed by atoms with Gasteiger partial charge >= 0.3 is 0 Å². The molecule has 0 aliphatic carbocycles. The van der Waals surface area contributed by atoms with E-state index in [0.717, 1.165) is 22.3 Å². The molecule has 1 unspecified atom stereocenters. The van der Waals surface area contributed by atoms with Crippen molar-refractivity contribution < 1.29 is 0 Å². The van der Waals surface area contributed by atoms with Gasteiger partial charge in [0.1, 0.15) is 0 Å². The molecule has 1 atom stereocenters. The van der Waals surface area contributed by atoms with Gasteiger partial charge in [0.25, 0.3) is 0 Å². The van der Waals surface area contributed by atoms with Crippen LogP contribution >= 0.6 is 39.1 Å². The van der Waals surface area contributed by atoms with Crippen LogP contribution in [0.5, 0.6) is 0 Å². The lowest BCUT2D eigenvalue weighted by Crippen LogP contribution is -2.10. The van der Waals surface area contributed by atoms with Crippen molar-refractivity contribution in [2.75, 3.05) is 5.88 Å². The minimum Gasteiger partial charge on any atom is -0.126 e. The van der Waals surface area contributed by atoms with Crippen molar-refractivity contribution in [3.8, 4) is 0 Å². The summed E-state index contributed by atoms with van der Waals surface area (Å²) in [6, 6.07) is 16.3. The van der Waals surface area contributed by atoms with E-state index >= 15 is 0 Å². The van der Waals surface area contributed by atoms with Crippen LogP contribution in [-0.2, 0) is 12.8 Å². The highest BCUT2D eigenvalue weighted by atomic mass is 79.9. The minimum absolute atomic E-state index is 0.432. The van der Waals surface area contributed by atoms with Crippen LogP contribution in [0, 0.1) is 5.92 Å². The standard InChI is InChI=1S/C16H15BrCl2/c17-16-4-2-1-3-14(16)10-13(11-18)9-12-5-7-15(19)8-6-12/h1-8,13H,9-11H2. The number of rotatable bonds is 5. The summed E-state index contributed by atoms with van der Waals surface area (Å²) in [7, 11) is 0. The molecule has 0 heterocycles. The average Bonchev–Trinajstić information content (AvgIpc) is 2.43. The summed E-state index contributed by atoms with van der Waals surface area (Å²) >= 11 is 15.6. The molecule has 3 heteroatoms. The van der Waals surface area contributed by atoms with Crippen LogP contribution < -0.4 is 0 Å². The third kappa shape index (κ3) is 4.52. The van der Waals surface area contributed by atoms with Crippen LogP contribution in [0.3, 0.4) is 0 Å². The van der Waals surface area contributed by atoms with E-state index < -0.39 is 0 Å². The molecule has 100 valence electrons. The Bertz CT molecular complexity index is 523. The van der Waals surface area contributed by atoms with E-state index in [1.54, 1.807) is 0 Å². The largest absolute Gasteiger partial charge is 0.126 e. The molecule has 2 aromatic carbocycles. The van der Waals surface area contributed by atoms with Gasteiger partial charge in [-0.2, -0.15) is 0 Å². The number of alkyl halides is 1. The lowest BCUT2D eigenvalue weighted by atomic mass is 9.94. The zero-order chi connectivity index (χ0) is 13.7. The second kappa shape index (κ2) is 7.33. The van der Waals surface area contributed by atoms with E-state index in [1.807, 2.05) is 18.2 Å². The molecular weight excluding hydrogens is 343 g/mol. The molecule has 0 radical (unpaired) electrons. The Labute approximate surface area is 132 Å². The van der Waals surface area contributed by atoms with Crippen LogP contribution in [0.1, 0.15) is 11.1 Å². The molecule has 0 amide bonds. The first kappa shape index (κ1) is 14.9. The van der Waals surface area contributed by atoms with Crippen molar-refractivity contribution in [2.24, 2.45) is 5.92 Å². The summed E-state index contributed by atoms with van der Waals surface area (Å²) in [5.41, 5.74) is 2.59. The fraction of sp³-hybridized carbons (Fsp3) is 0.250. The van der Waals surface area contributed by atoms with E-state index in [2.05, 4.69) is 46.3 Å². The Morgan fingerprint density at radius 2 is 1.63 bits per heavy atom. The van der Waals surface area contributed by atoms with E-state index in [1.165, 1.54) is 11.1 Å². The Kier molecular flexibility index (Phi) is 5.75. The molecule has 0 N–H and O–H groups in total. The summed E-state index contributed by atoms with van der Waals surface area (Å²) in [6.07, 6.45) is 1.95. The highest BCUT2D eigenvalue weighted by Crippen LogP contribution is 2.23. The summed E-state index contributed by atoms with van der Waals surface area (Å²) in [4.78, 5) is 0. The molecule has 0 saturated heterocycles. The number of hydrogen-bond acceptors (Lipinski definition) is 0. The van der Waals surface area contributed by atoms with Gasteiger partial charge in [0.05, 0.1) is 0 Å². The zero-order valence-corrected chi connectivity index (χ0v) is 13.5. The average molecular weight is 358 g/mol. The minimum atomic E-state index is 0.432. The molecule has 2 rings (SSSR count). The van der Waals surface area contributed by atoms with Gasteiger partial charge in [0, 0.05) is 15.4 Å². The highest BCUT2D eigenvalue weighted by molar-refractivity contribution is 9.10. The maximum atomic E-state index is 6.11. The fourth-order valence-corrected chi connectivity index (χ4v) is 2.90. The Morgan fingerprint density at radius 1 is 0.947 bits per heavy atom. The first-order valence-electron chi connectivity index (χ1n) is 6.23. The van der Waals surface area contributed by atoms with E-state index in [9.17, 15) is 0 Å². The zero-order valence-electron chi connectivity index (χ0n) is 10.5. The molecule has 0 aliphatic rings. The molecule has 0 aromatic heterocycles. The van der Waals surface area contributed by atoms with Crippen LogP contribution in [-0.4, -0.2) is 5.88 Å². The molecule has 0 spiro atoms.